The maximum atomic E-state index is 13.1. The van der Waals surface area contributed by atoms with E-state index in [-0.39, 0.29) is 41.4 Å². The minimum absolute atomic E-state index is 0.150. The Morgan fingerprint density at radius 2 is 1.78 bits per heavy atom. The lowest BCUT2D eigenvalue weighted by Gasteiger charge is -2.27. The highest BCUT2D eigenvalue weighted by atomic mass is 79.9. The quantitative estimate of drug-likeness (QED) is 0.535. The Morgan fingerprint density at radius 3 is 2.33 bits per heavy atom. The van der Waals surface area contributed by atoms with Gasteiger partial charge in [0, 0.05) is 10.2 Å². The smallest absolute Gasteiger partial charge is 0.247 e. The fourth-order valence-corrected chi connectivity index (χ4v) is 5.32. The van der Waals surface area contributed by atoms with Crippen molar-refractivity contribution in [2.24, 2.45) is 23.7 Å². The van der Waals surface area contributed by atoms with E-state index in [0.717, 1.165) is 10.9 Å². The number of anilines is 1. The number of fused-ring (bicyclic) bond motifs is 5. The topological polar surface area (TPSA) is 66.5 Å². The van der Waals surface area contributed by atoms with Crippen molar-refractivity contribution in [2.45, 2.75) is 18.9 Å². The van der Waals surface area contributed by atoms with Crippen LogP contribution >= 0.6 is 27.7 Å². The summed E-state index contributed by atoms with van der Waals surface area (Å²) in [6.07, 6.45) is 7.44. The molecule has 1 aromatic rings. The van der Waals surface area contributed by atoms with Crippen LogP contribution in [0.3, 0.4) is 0 Å². The predicted octanol–water partition coefficient (Wildman–Crippen LogP) is 3.32. The van der Waals surface area contributed by atoms with Crippen molar-refractivity contribution < 1.29 is 14.4 Å². The number of amides is 3. The summed E-state index contributed by atoms with van der Waals surface area (Å²) in [4.78, 5) is 40.4. The second-order valence-corrected chi connectivity index (χ2v) is 9.24. The molecule has 5 atom stereocenters. The molecule has 1 saturated carbocycles. The van der Waals surface area contributed by atoms with Gasteiger partial charge in [0.05, 0.1) is 11.8 Å². The van der Waals surface area contributed by atoms with E-state index in [9.17, 15) is 14.4 Å². The Bertz CT molecular complexity index is 780. The molecule has 3 amide bonds. The third-order valence-electron chi connectivity index (χ3n) is 5.83. The summed E-state index contributed by atoms with van der Waals surface area (Å²) in [6, 6.07) is 6.50. The zero-order valence-electron chi connectivity index (χ0n) is 14.9. The van der Waals surface area contributed by atoms with E-state index < -0.39 is 6.04 Å². The summed E-state index contributed by atoms with van der Waals surface area (Å²) in [7, 11) is 0. The number of imide groups is 1. The van der Waals surface area contributed by atoms with Gasteiger partial charge in [-0.15, -0.1) is 0 Å². The molecule has 2 bridgehead atoms. The third-order valence-corrected chi connectivity index (χ3v) is 7.00. The molecular weight excluding hydrogens is 428 g/mol. The van der Waals surface area contributed by atoms with Gasteiger partial charge in [-0.25, -0.2) is 0 Å². The molecule has 2 aliphatic carbocycles. The van der Waals surface area contributed by atoms with Crippen LogP contribution in [0.5, 0.6) is 0 Å². The molecule has 5 unspecified atom stereocenters. The van der Waals surface area contributed by atoms with Crippen LogP contribution in [0.2, 0.25) is 0 Å². The van der Waals surface area contributed by atoms with E-state index in [1.54, 1.807) is 23.9 Å². The highest BCUT2D eigenvalue weighted by molar-refractivity contribution is 9.10. The molecule has 4 rings (SSSR count). The zero-order chi connectivity index (χ0) is 19.1. The molecule has 5 nitrogen and oxygen atoms in total. The molecule has 27 heavy (non-hydrogen) atoms. The lowest BCUT2D eigenvalue weighted by Crippen LogP contribution is -2.48. The van der Waals surface area contributed by atoms with Gasteiger partial charge >= 0.3 is 0 Å². The van der Waals surface area contributed by atoms with Crippen molar-refractivity contribution in [3.8, 4) is 0 Å². The number of nitrogens with zero attached hydrogens (tertiary/aromatic N) is 1. The number of hydrogen-bond acceptors (Lipinski definition) is 4. The zero-order valence-corrected chi connectivity index (χ0v) is 17.3. The fourth-order valence-electron chi connectivity index (χ4n) is 4.60. The first-order chi connectivity index (χ1) is 13.0. The number of allylic oxidation sites excluding steroid dienone is 2. The number of nitrogens with one attached hydrogen (secondary N) is 1. The third kappa shape index (κ3) is 3.25. The number of thioether (sulfide) groups is 1. The highest BCUT2D eigenvalue weighted by Gasteiger charge is 2.60. The normalized spacial score (nSPS) is 29.3. The van der Waals surface area contributed by atoms with E-state index in [1.807, 2.05) is 18.4 Å². The van der Waals surface area contributed by atoms with Crippen LogP contribution in [-0.2, 0) is 14.4 Å². The first-order valence-corrected chi connectivity index (χ1v) is 11.3. The van der Waals surface area contributed by atoms with Crippen LogP contribution in [0.4, 0.5) is 5.69 Å². The van der Waals surface area contributed by atoms with Crippen LogP contribution < -0.4 is 5.32 Å². The average Bonchev–Trinajstić information content (AvgIpc) is 3.33. The van der Waals surface area contributed by atoms with Gasteiger partial charge in [0.1, 0.15) is 6.04 Å². The van der Waals surface area contributed by atoms with Crippen molar-refractivity contribution >= 4 is 51.1 Å². The van der Waals surface area contributed by atoms with E-state index in [4.69, 9.17) is 0 Å². The molecule has 2 fully saturated rings. The van der Waals surface area contributed by atoms with Gasteiger partial charge in [-0.3, -0.25) is 19.3 Å². The van der Waals surface area contributed by atoms with Gasteiger partial charge in [-0.1, -0.05) is 28.1 Å². The molecule has 0 aromatic heterocycles. The standard InChI is InChI=1S/C20H21BrN2O3S/c1-27-9-8-15(18(24)22-14-6-4-13(21)5-7-14)23-19(25)16-11-2-3-12(10-11)17(16)20(23)26/h2-7,11-12,15-17H,8-10H2,1H3,(H,22,24). The number of rotatable bonds is 6. The molecule has 142 valence electrons. The van der Waals surface area contributed by atoms with E-state index in [1.165, 1.54) is 4.90 Å². The number of hydrogen-bond donors (Lipinski definition) is 1. The number of likely N-dealkylation sites (tertiary alicyclic amines) is 1. The monoisotopic (exact) mass is 448 g/mol. The van der Waals surface area contributed by atoms with Crippen molar-refractivity contribution in [1.29, 1.82) is 0 Å². The molecule has 1 N–H and O–H groups in total. The molecule has 1 aromatic carbocycles. The largest absolute Gasteiger partial charge is 0.324 e. The lowest BCUT2D eigenvalue weighted by molar-refractivity contribution is -0.147. The molecular formula is C20H21BrN2O3S. The number of halogens is 1. The van der Waals surface area contributed by atoms with Gasteiger partial charge in [0.15, 0.2) is 0 Å². The molecule has 1 heterocycles. The van der Waals surface area contributed by atoms with E-state index in [2.05, 4.69) is 33.4 Å². The van der Waals surface area contributed by atoms with Gasteiger partial charge in [-0.2, -0.15) is 11.8 Å². The Kier molecular flexibility index (Phi) is 5.16. The summed E-state index contributed by atoms with van der Waals surface area (Å²) in [6.45, 7) is 0. The maximum Gasteiger partial charge on any atom is 0.247 e. The first kappa shape index (κ1) is 18.7. The van der Waals surface area contributed by atoms with Gasteiger partial charge in [-0.05, 0) is 61.0 Å². The average molecular weight is 449 g/mol. The molecule has 0 spiro atoms. The maximum absolute atomic E-state index is 13.1. The van der Waals surface area contributed by atoms with Crippen molar-refractivity contribution in [2.75, 3.05) is 17.3 Å². The van der Waals surface area contributed by atoms with Crippen molar-refractivity contribution in [3.63, 3.8) is 0 Å². The summed E-state index contributed by atoms with van der Waals surface area (Å²) < 4.78 is 0.917. The predicted molar refractivity (Wildman–Crippen MR) is 109 cm³/mol. The van der Waals surface area contributed by atoms with Crippen LogP contribution in [-0.4, -0.2) is 40.7 Å². The first-order valence-electron chi connectivity index (χ1n) is 9.12. The Morgan fingerprint density at radius 1 is 1.19 bits per heavy atom. The molecule has 1 saturated heterocycles. The lowest BCUT2D eigenvalue weighted by atomic mass is 9.85. The summed E-state index contributed by atoms with van der Waals surface area (Å²) in [5.74, 6) is -0.175. The van der Waals surface area contributed by atoms with E-state index >= 15 is 0 Å². The van der Waals surface area contributed by atoms with Crippen molar-refractivity contribution in [1.82, 2.24) is 4.90 Å². The minimum Gasteiger partial charge on any atom is -0.324 e. The SMILES string of the molecule is CSCCC(C(=O)Nc1ccc(Br)cc1)N1C(=O)C2C3C=CC(C3)C2C1=O. The van der Waals surface area contributed by atoms with Gasteiger partial charge in [0.25, 0.3) is 0 Å². The van der Waals surface area contributed by atoms with E-state index in [0.29, 0.717) is 17.9 Å². The summed E-state index contributed by atoms with van der Waals surface area (Å²) in [5.41, 5.74) is 0.651. The number of carbonyl (C=O) groups is 3. The summed E-state index contributed by atoms with van der Waals surface area (Å²) in [5, 5.41) is 2.87. The molecule has 0 radical (unpaired) electrons. The van der Waals surface area contributed by atoms with Gasteiger partial charge < -0.3 is 5.32 Å². The van der Waals surface area contributed by atoms with Crippen molar-refractivity contribution in [3.05, 3.63) is 40.9 Å². The highest BCUT2D eigenvalue weighted by Crippen LogP contribution is 2.53. The Hall–Kier alpha value is -1.60. The molecule has 7 heteroatoms. The molecule has 3 aliphatic rings. The Balaban J connectivity index is 1.56. The molecule has 1 aliphatic heterocycles. The van der Waals surface area contributed by atoms with Crippen LogP contribution in [0, 0.1) is 23.7 Å². The second kappa shape index (κ2) is 7.43. The second-order valence-electron chi connectivity index (χ2n) is 7.34. The van der Waals surface area contributed by atoms with Crippen LogP contribution in [0.25, 0.3) is 0 Å². The summed E-state index contributed by atoms with van der Waals surface area (Å²) >= 11 is 4.97. The van der Waals surface area contributed by atoms with Crippen LogP contribution in [0.15, 0.2) is 40.9 Å². The number of carbonyl (C=O) groups excluding carboxylic acids is 3. The number of benzene rings is 1. The van der Waals surface area contributed by atoms with Gasteiger partial charge in [0.2, 0.25) is 17.7 Å². The fraction of sp³-hybridized carbons (Fsp3) is 0.450. The Labute approximate surface area is 171 Å². The van der Waals surface area contributed by atoms with Crippen LogP contribution in [0.1, 0.15) is 12.8 Å². The minimum atomic E-state index is -0.758.